The maximum absolute atomic E-state index is 6.70. The smallest absolute Gasteiger partial charge is 0.233 e. The Hall–Kier alpha value is -1.46. The monoisotopic (exact) mass is 326 g/mol. The number of aromatic nitrogens is 3. The predicted molar refractivity (Wildman–Crippen MR) is 91.6 cm³/mol. The first-order chi connectivity index (χ1) is 11.5. The SMILES string of the molecule is CC1(C)CN(Cc2cn3cccnc3n2)C[C@]2(C[C@@H]3CC[C@H]2C3)O1. The van der Waals surface area contributed by atoms with E-state index in [0.717, 1.165) is 42.9 Å². The molecule has 5 nitrogen and oxygen atoms in total. The zero-order valence-corrected chi connectivity index (χ0v) is 14.6. The Bertz CT molecular complexity index is 737. The van der Waals surface area contributed by atoms with E-state index in [4.69, 9.17) is 4.74 Å². The molecule has 2 aromatic heterocycles. The third-order valence-corrected chi connectivity index (χ3v) is 6.17. The summed E-state index contributed by atoms with van der Waals surface area (Å²) < 4.78 is 8.71. The van der Waals surface area contributed by atoms with Crippen molar-refractivity contribution in [2.24, 2.45) is 11.8 Å². The van der Waals surface area contributed by atoms with Crippen LogP contribution in [0.5, 0.6) is 0 Å². The molecule has 0 N–H and O–H groups in total. The molecule has 0 amide bonds. The van der Waals surface area contributed by atoms with Gasteiger partial charge < -0.3 is 4.74 Å². The summed E-state index contributed by atoms with van der Waals surface area (Å²) in [5.41, 5.74) is 1.10. The number of fused-ring (bicyclic) bond motifs is 4. The summed E-state index contributed by atoms with van der Waals surface area (Å²) in [5, 5.41) is 0. The zero-order chi connectivity index (χ0) is 16.4. The number of hydrogen-bond donors (Lipinski definition) is 0. The average molecular weight is 326 g/mol. The van der Waals surface area contributed by atoms with Crippen LogP contribution in [0.4, 0.5) is 0 Å². The summed E-state index contributed by atoms with van der Waals surface area (Å²) >= 11 is 0. The Labute approximate surface area is 143 Å². The molecular weight excluding hydrogens is 300 g/mol. The summed E-state index contributed by atoms with van der Waals surface area (Å²) in [6, 6.07) is 1.95. The molecule has 2 aromatic rings. The van der Waals surface area contributed by atoms with Crippen molar-refractivity contribution in [3.63, 3.8) is 0 Å². The van der Waals surface area contributed by atoms with Crippen molar-refractivity contribution in [3.05, 3.63) is 30.4 Å². The molecule has 1 spiro atoms. The van der Waals surface area contributed by atoms with Gasteiger partial charge in [0.1, 0.15) is 0 Å². The van der Waals surface area contributed by atoms with Crippen LogP contribution >= 0.6 is 0 Å². The lowest BCUT2D eigenvalue weighted by Crippen LogP contribution is -2.61. The Morgan fingerprint density at radius 1 is 1.29 bits per heavy atom. The summed E-state index contributed by atoms with van der Waals surface area (Å²) in [5.74, 6) is 2.44. The molecule has 24 heavy (non-hydrogen) atoms. The molecule has 0 aromatic carbocycles. The van der Waals surface area contributed by atoms with Crippen molar-refractivity contribution in [3.8, 4) is 0 Å². The fraction of sp³-hybridized carbons (Fsp3) is 0.684. The highest BCUT2D eigenvalue weighted by Gasteiger charge is 2.56. The number of ether oxygens (including phenoxy) is 1. The van der Waals surface area contributed by atoms with Crippen molar-refractivity contribution >= 4 is 5.78 Å². The second-order valence-corrected chi connectivity index (χ2v) is 8.71. The minimum absolute atomic E-state index is 0.0832. The van der Waals surface area contributed by atoms with E-state index in [1.165, 1.54) is 25.7 Å². The maximum Gasteiger partial charge on any atom is 0.233 e. The lowest BCUT2D eigenvalue weighted by molar-refractivity contribution is -0.218. The van der Waals surface area contributed by atoms with Gasteiger partial charge in [-0.1, -0.05) is 0 Å². The minimum atomic E-state index is -0.0832. The van der Waals surface area contributed by atoms with Crippen LogP contribution in [0.25, 0.3) is 5.78 Å². The summed E-state index contributed by atoms with van der Waals surface area (Å²) in [6.45, 7) is 7.40. The molecule has 128 valence electrons. The number of nitrogens with zero attached hydrogens (tertiary/aromatic N) is 4. The van der Waals surface area contributed by atoms with Gasteiger partial charge in [0.15, 0.2) is 0 Å². The van der Waals surface area contributed by atoms with Gasteiger partial charge in [-0.25, -0.2) is 9.97 Å². The largest absolute Gasteiger partial charge is 0.366 e. The normalized spacial score (nSPS) is 35.2. The van der Waals surface area contributed by atoms with Crippen molar-refractivity contribution in [1.82, 2.24) is 19.3 Å². The first-order valence-corrected chi connectivity index (χ1v) is 9.23. The topological polar surface area (TPSA) is 42.7 Å². The van der Waals surface area contributed by atoms with E-state index in [1.807, 2.05) is 16.7 Å². The highest BCUT2D eigenvalue weighted by atomic mass is 16.5. The van der Waals surface area contributed by atoms with Crippen LogP contribution in [0.1, 0.15) is 45.2 Å². The molecule has 5 rings (SSSR count). The second kappa shape index (κ2) is 5.02. The minimum Gasteiger partial charge on any atom is -0.366 e. The van der Waals surface area contributed by atoms with Gasteiger partial charge in [0, 0.05) is 38.2 Å². The first kappa shape index (κ1) is 14.8. The van der Waals surface area contributed by atoms with E-state index in [2.05, 4.69) is 34.9 Å². The fourth-order valence-electron chi connectivity index (χ4n) is 5.60. The van der Waals surface area contributed by atoms with Gasteiger partial charge in [-0.3, -0.25) is 9.30 Å². The molecule has 3 atom stereocenters. The van der Waals surface area contributed by atoms with Gasteiger partial charge >= 0.3 is 0 Å². The van der Waals surface area contributed by atoms with E-state index in [9.17, 15) is 0 Å². The number of morpholine rings is 1. The molecule has 3 aliphatic rings. The Morgan fingerprint density at radius 3 is 2.96 bits per heavy atom. The first-order valence-electron chi connectivity index (χ1n) is 9.23. The van der Waals surface area contributed by atoms with Gasteiger partial charge in [-0.05, 0) is 57.4 Å². The van der Waals surface area contributed by atoms with Crippen molar-refractivity contribution in [1.29, 1.82) is 0 Å². The van der Waals surface area contributed by atoms with Crippen LogP contribution in [0.15, 0.2) is 24.7 Å². The molecule has 1 aliphatic heterocycles. The van der Waals surface area contributed by atoms with Crippen LogP contribution < -0.4 is 0 Å². The Kier molecular flexibility index (Phi) is 3.11. The van der Waals surface area contributed by atoms with E-state index in [0.29, 0.717) is 0 Å². The highest BCUT2D eigenvalue weighted by Crippen LogP contribution is 2.55. The van der Waals surface area contributed by atoms with Gasteiger partial charge in [-0.15, -0.1) is 0 Å². The summed E-state index contributed by atoms with van der Waals surface area (Å²) in [4.78, 5) is 11.6. The molecule has 0 radical (unpaired) electrons. The van der Waals surface area contributed by atoms with E-state index in [-0.39, 0.29) is 11.2 Å². The summed E-state index contributed by atoms with van der Waals surface area (Å²) in [6.07, 6.45) is 11.3. The Balaban J connectivity index is 1.40. The van der Waals surface area contributed by atoms with Crippen LogP contribution in [-0.4, -0.2) is 43.6 Å². The maximum atomic E-state index is 6.70. The van der Waals surface area contributed by atoms with Crippen LogP contribution in [0.2, 0.25) is 0 Å². The van der Waals surface area contributed by atoms with Crippen LogP contribution in [-0.2, 0) is 11.3 Å². The molecule has 5 heteroatoms. The van der Waals surface area contributed by atoms with Crippen LogP contribution in [0.3, 0.4) is 0 Å². The summed E-state index contributed by atoms with van der Waals surface area (Å²) in [7, 11) is 0. The zero-order valence-electron chi connectivity index (χ0n) is 14.6. The second-order valence-electron chi connectivity index (χ2n) is 8.71. The van der Waals surface area contributed by atoms with E-state index >= 15 is 0 Å². The lowest BCUT2D eigenvalue weighted by atomic mass is 9.81. The fourth-order valence-corrected chi connectivity index (χ4v) is 5.60. The highest BCUT2D eigenvalue weighted by molar-refractivity contribution is 5.29. The average Bonchev–Trinajstić information content (AvgIpc) is 3.17. The van der Waals surface area contributed by atoms with Gasteiger partial charge in [-0.2, -0.15) is 0 Å². The number of hydrogen-bond acceptors (Lipinski definition) is 4. The Morgan fingerprint density at radius 2 is 2.21 bits per heavy atom. The molecular formula is C19H26N4O. The molecule has 2 aliphatic carbocycles. The molecule has 3 heterocycles. The lowest BCUT2D eigenvalue weighted by Gasteiger charge is -2.52. The molecule has 2 saturated carbocycles. The van der Waals surface area contributed by atoms with E-state index in [1.54, 1.807) is 6.20 Å². The van der Waals surface area contributed by atoms with Gasteiger partial charge in [0.25, 0.3) is 0 Å². The van der Waals surface area contributed by atoms with Crippen molar-refractivity contribution in [2.75, 3.05) is 13.1 Å². The van der Waals surface area contributed by atoms with Gasteiger partial charge in [0.2, 0.25) is 5.78 Å². The standard InChI is InChI=1S/C19H26N4O/c1-18(2)12-22(10-16-11-23-7-3-6-20-17(23)21-16)13-19(24-18)9-14-4-5-15(19)8-14/h3,6-7,11,14-15H,4-5,8-10,12-13H2,1-2H3/t14-,15+,19+/m1/s1. The van der Waals surface area contributed by atoms with Gasteiger partial charge in [0.05, 0.1) is 16.9 Å². The molecule has 0 unspecified atom stereocenters. The third kappa shape index (κ3) is 2.37. The molecule has 3 fully saturated rings. The van der Waals surface area contributed by atoms with Crippen LogP contribution in [0, 0.1) is 11.8 Å². The van der Waals surface area contributed by atoms with E-state index < -0.39 is 0 Å². The number of imidazole rings is 1. The van der Waals surface area contributed by atoms with Crippen molar-refractivity contribution < 1.29 is 4.74 Å². The molecule has 2 bridgehead atoms. The number of rotatable bonds is 2. The quantitative estimate of drug-likeness (QED) is 0.851. The third-order valence-electron chi connectivity index (χ3n) is 6.17. The predicted octanol–water partition coefficient (Wildman–Crippen LogP) is 2.90. The molecule has 1 saturated heterocycles. The van der Waals surface area contributed by atoms with Crippen molar-refractivity contribution in [2.45, 2.75) is 57.3 Å².